The zero-order valence-electron chi connectivity index (χ0n) is 11.6. The molecule has 3 heteroatoms. The van der Waals surface area contributed by atoms with Gasteiger partial charge in [0.1, 0.15) is 11.9 Å². The predicted octanol–water partition coefficient (Wildman–Crippen LogP) is 4.20. The van der Waals surface area contributed by atoms with Crippen molar-refractivity contribution in [3.63, 3.8) is 0 Å². The first-order valence-electron chi connectivity index (χ1n) is 6.68. The van der Waals surface area contributed by atoms with E-state index in [1.165, 1.54) is 5.56 Å². The van der Waals surface area contributed by atoms with Crippen LogP contribution in [0.4, 0.5) is 0 Å². The van der Waals surface area contributed by atoms with Crippen LogP contribution in [0, 0.1) is 0 Å². The van der Waals surface area contributed by atoms with E-state index in [9.17, 15) is 5.11 Å². The maximum atomic E-state index is 10.5. The normalized spacial score (nSPS) is 17.4. The number of aliphatic hydroxyl groups excluding tert-OH is 1. The Labute approximate surface area is 127 Å². The van der Waals surface area contributed by atoms with Gasteiger partial charge in [-0.3, -0.25) is 0 Å². The second-order valence-electron chi connectivity index (χ2n) is 5.88. The summed E-state index contributed by atoms with van der Waals surface area (Å²) in [4.78, 5) is 0. The van der Waals surface area contributed by atoms with E-state index in [4.69, 9.17) is 4.74 Å². The Morgan fingerprint density at radius 2 is 1.75 bits per heavy atom. The van der Waals surface area contributed by atoms with Gasteiger partial charge in [-0.1, -0.05) is 48.0 Å². The van der Waals surface area contributed by atoms with E-state index in [0.717, 1.165) is 21.3 Å². The van der Waals surface area contributed by atoms with E-state index < -0.39 is 6.10 Å². The van der Waals surface area contributed by atoms with E-state index >= 15 is 0 Å². The van der Waals surface area contributed by atoms with Crippen molar-refractivity contribution in [1.29, 1.82) is 0 Å². The molecule has 0 spiro atoms. The summed E-state index contributed by atoms with van der Waals surface area (Å²) in [6.07, 6.45) is -0.607. The van der Waals surface area contributed by atoms with Gasteiger partial charge in [0.15, 0.2) is 0 Å². The molecule has 2 aromatic carbocycles. The topological polar surface area (TPSA) is 29.5 Å². The van der Waals surface area contributed by atoms with Crippen LogP contribution in [-0.2, 0) is 5.41 Å². The lowest BCUT2D eigenvalue weighted by Gasteiger charge is -2.18. The second kappa shape index (κ2) is 4.90. The Morgan fingerprint density at radius 3 is 2.45 bits per heavy atom. The van der Waals surface area contributed by atoms with Crippen molar-refractivity contribution in [2.24, 2.45) is 0 Å². The number of hydrogen-bond acceptors (Lipinski definition) is 2. The molecule has 3 rings (SSSR count). The van der Waals surface area contributed by atoms with Gasteiger partial charge in [0.25, 0.3) is 0 Å². The highest BCUT2D eigenvalue weighted by molar-refractivity contribution is 9.10. The Bertz CT molecular complexity index is 632. The Hall–Kier alpha value is -1.32. The molecule has 0 fully saturated rings. The molecule has 0 radical (unpaired) electrons. The van der Waals surface area contributed by atoms with E-state index in [1.807, 2.05) is 36.4 Å². The number of fused-ring (bicyclic) bond motifs is 1. The quantitative estimate of drug-likeness (QED) is 0.892. The average molecular weight is 333 g/mol. The van der Waals surface area contributed by atoms with Crippen molar-refractivity contribution in [2.45, 2.75) is 25.4 Å². The van der Waals surface area contributed by atoms with Crippen LogP contribution in [-0.4, -0.2) is 11.7 Å². The maximum absolute atomic E-state index is 10.5. The van der Waals surface area contributed by atoms with Crippen LogP contribution in [0.3, 0.4) is 0 Å². The summed E-state index contributed by atoms with van der Waals surface area (Å²) in [5, 5.41) is 10.5. The van der Waals surface area contributed by atoms with Crippen LogP contribution in [0.5, 0.6) is 5.75 Å². The zero-order valence-corrected chi connectivity index (χ0v) is 13.1. The van der Waals surface area contributed by atoms with E-state index in [1.54, 1.807) is 0 Å². The molecule has 1 atom stereocenters. The summed E-state index contributed by atoms with van der Waals surface area (Å²) in [6.45, 7) is 5.02. The molecule has 1 N–H and O–H groups in total. The molecular weight excluding hydrogens is 316 g/mol. The first-order valence-corrected chi connectivity index (χ1v) is 7.47. The van der Waals surface area contributed by atoms with Gasteiger partial charge in [-0.05, 0) is 35.4 Å². The third-order valence-electron chi connectivity index (χ3n) is 3.82. The summed E-state index contributed by atoms with van der Waals surface area (Å²) in [6, 6.07) is 13.7. The molecule has 0 saturated carbocycles. The monoisotopic (exact) mass is 332 g/mol. The van der Waals surface area contributed by atoms with Gasteiger partial charge in [0, 0.05) is 15.5 Å². The molecule has 0 saturated heterocycles. The number of rotatable bonds is 2. The molecule has 104 valence electrons. The Morgan fingerprint density at radius 1 is 1.10 bits per heavy atom. The standard InChI is InChI=1S/C17H17BrO2/c1-17(2)10-20-15-8-5-12(9-14(15)17)16(19)11-3-6-13(18)7-4-11/h3-9,16,19H,10H2,1-2H3. The molecule has 1 aliphatic heterocycles. The van der Waals surface area contributed by atoms with Gasteiger partial charge in [-0.15, -0.1) is 0 Å². The van der Waals surface area contributed by atoms with Gasteiger partial charge >= 0.3 is 0 Å². The van der Waals surface area contributed by atoms with Crippen LogP contribution in [0.25, 0.3) is 0 Å². The van der Waals surface area contributed by atoms with Gasteiger partial charge in [-0.2, -0.15) is 0 Å². The molecule has 0 amide bonds. The van der Waals surface area contributed by atoms with Gasteiger partial charge < -0.3 is 9.84 Å². The number of ether oxygens (including phenoxy) is 1. The van der Waals surface area contributed by atoms with Crippen molar-refractivity contribution < 1.29 is 9.84 Å². The van der Waals surface area contributed by atoms with Crippen molar-refractivity contribution in [3.05, 3.63) is 63.6 Å². The molecule has 2 nitrogen and oxygen atoms in total. The summed E-state index contributed by atoms with van der Waals surface area (Å²) in [7, 11) is 0. The van der Waals surface area contributed by atoms with Crippen molar-refractivity contribution >= 4 is 15.9 Å². The summed E-state index contributed by atoms with van der Waals surface area (Å²) in [5.41, 5.74) is 2.98. The predicted molar refractivity (Wildman–Crippen MR) is 83.2 cm³/mol. The largest absolute Gasteiger partial charge is 0.492 e. The Kier molecular flexibility index (Phi) is 3.35. The van der Waals surface area contributed by atoms with Crippen LogP contribution in [0.2, 0.25) is 0 Å². The highest BCUT2D eigenvalue weighted by Gasteiger charge is 2.32. The number of hydrogen-bond donors (Lipinski definition) is 1. The molecule has 0 bridgehead atoms. The lowest BCUT2D eigenvalue weighted by molar-refractivity contribution is 0.220. The molecular formula is C17H17BrO2. The first kappa shape index (κ1) is 13.7. The lowest BCUT2D eigenvalue weighted by atomic mass is 9.85. The minimum atomic E-state index is -0.607. The highest BCUT2D eigenvalue weighted by atomic mass is 79.9. The van der Waals surface area contributed by atoms with Crippen LogP contribution in [0.1, 0.15) is 36.6 Å². The van der Waals surface area contributed by atoms with Gasteiger partial charge in [-0.25, -0.2) is 0 Å². The van der Waals surface area contributed by atoms with Gasteiger partial charge in [0.05, 0.1) is 6.61 Å². The summed E-state index contributed by atoms with van der Waals surface area (Å²) < 4.78 is 6.69. The van der Waals surface area contributed by atoms with Crippen molar-refractivity contribution in [1.82, 2.24) is 0 Å². The van der Waals surface area contributed by atoms with E-state index in [-0.39, 0.29) is 5.41 Å². The second-order valence-corrected chi connectivity index (χ2v) is 6.80. The molecule has 0 aromatic heterocycles. The Balaban J connectivity index is 1.97. The molecule has 0 aliphatic carbocycles. The highest BCUT2D eigenvalue weighted by Crippen LogP contribution is 2.40. The minimum Gasteiger partial charge on any atom is -0.492 e. The molecule has 2 aromatic rings. The van der Waals surface area contributed by atoms with E-state index in [2.05, 4.69) is 35.8 Å². The number of benzene rings is 2. The molecule has 1 aliphatic rings. The SMILES string of the molecule is CC1(C)COc2ccc(C(O)c3ccc(Br)cc3)cc21. The fourth-order valence-corrected chi connectivity index (χ4v) is 2.81. The van der Waals surface area contributed by atoms with Crippen LogP contribution < -0.4 is 4.74 Å². The third kappa shape index (κ3) is 2.36. The fourth-order valence-electron chi connectivity index (χ4n) is 2.55. The molecule has 1 unspecified atom stereocenters. The van der Waals surface area contributed by atoms with Crippen molar-refractivity contribution in [3.8, 4) is 5.75 Å². The molecule has 20 heavy (non-hydrogen) atoms. The maximum Gasteiger partial charge on any atom is 0.123 e. The average Bonchev–Trinajstić information content (AvgIpc) is 2.74. The van der Waals surface area contributed by atoms with Gasteiger partial charge in [0.2, 0.25) is 0 Å². The smallest absolute Gasteiger partial charge is 0.123 e. The fraction of sp³-hybridized carbons (Fsp3) is 0.294. The minimum absolute atomic E-state index is 0.00474. The van der Waals surface area contributed by atoms with E-state index in [0.29, 0.717) is 6.61 Å². The van der Waals surface area contributed by atoms with Crippen LogP contribution >= 0.6 is 15.9 Å². The van der Waals surface area contributed by atoms with Crippen LogP contribution in [0.15, 0.2) is 46.9 Å². The lowest BCUT2D eigenvalue weighted by Crippen LogP contribution is -2.18. The molecule has 1 heterocycles. The summed E-state index contributed by atoms with van der Waals surface area (Å²) in [5.74, 6) is 0.932. The third-order valence-corrected chi connectivity index (χ3v) is 4.35. The number of aliphatic hydroxyl groups is 1. The number of halogens is 1. The zero-order chi connectivity index (χ0) is 14.3. The first-order chi connectivity index (χ1) is 9.47. The van der Waals surface area contributed by atoms with Crippen molar-refractivity contribution in [2.75, 3.05) is 6.61 Å². The summed E-state index contributed by atoms with van der Waals surface area (Å²) >= 11 is 3.41.